The van der Waals surface area contributed by atoms with Crippen LogP contribution in [0.5, 0.6) is 0 Å². The summed E-state index contributed by atoms with van der Waals surface area (Å²) in [4.78, 5) is 22.7. The fourth-order valence-electron chi connectivity index (χ4n) is 1.67. The van der Waals surface area contributed by atoms with Crippen molar-refractivity contribution in [1.82, 2.24) is 10.6 Å². The molecule has 5 heteroatoms. The van der Waals surface area contributed by atoms with Crippen LogP contribution in [0.3, 0.4) is 0 Å². The number of carbonyl (C=O) groups is 2. The summed E-state index contributed by atoms with van der Waals surface area (Å²) in [5.41, 5.74) is 0.133. The Bertz CT molecular complexity index is 322. The molecule has 0 fully saturated rings. The Labute approximate surface area is 122 Å². The minimum Gasteiger partial charge on any atom is -0.481 e. The Balaban J connectivity index is 4.11. The first-order valence-corrected chi connectivity index (χ1v) is 7.28. The van der Waals surface area contributed by atoms with Crippen LogP contribution in [0.4, 0.5) is 4.79 Å². The van der Waals surface area contributed by atoms with Crippen LogP contribution in [0.2, 0.25) is 0 Å². The highest BCUT2D eigenvalue weighted by atomic mass is 16.4. The van der Waals surface area contributed by atoms with Crippen LogP contribution in [-0.2, 0) is 4.79 Å². The first-order chi connectivity index (χ1) is 9.04. The van der Waals surface area contributed by atoms with Crippen molar-refractivity contribution in [2.75, 3.05) is 13.1 Å². The number of urea groups is 1. The minimum absolute atomic E-state index is 0.133. The lowest BCUT2D eigenvalue weighted by molar-refractivity contribution is -0.142. The second kappa shape index (κ2) is 8.12. The van der Waals surface area contributed by atoms with E-state index in [0.717, 1.165) is 0 Å². The summed E-state index contributed by atoms with van der Waals surface area (Å²) >= 11 is 0. The molecule has 20 heavy (non-hydrogen) atoms. The highest BCUT2D eigenvalue weighted by Crippen LogP contribution is 2.24. The van der Waals surface area contributed by atoms with Gasteiger partial charge in [0, 0.05) is 13.1 Å². The Hall–Kier alpha value is -1.26. The molecular formula is C15H30N2O3. The van der Waals surface area contributed by atoms with Gasteiger partial charge >= 0.3 is 12.0 Å². The summed E-state index contributed by atoms with van der Waals surface area (Å²) in [5.74, 6) is -0.746. The van der Waals surface area contributed by atoms with E-state index < -0.39 is 11.9 Å². The second-order valence-electron chi connectivity index (χ2n) is 7.02. The molecule has 0 saturated heterocycles. The van der Waals surface area contributed by atoms with Crippen molar-refractivity contribution in [2.24, 2.45) is 23.2 Å². The van der Waals surface area contributed by atoms with Gasteiger partial charge in [-0.05, 0) is 23.7 Å². The maximum Gasteiger partial charge on any atom is 0.314 e. The van der Waals surface area contributed by atoms with E-state index in [2.05, 4.69) is 38.3 Å². The number of carbonyl (C=O) groups excluding carboxylic acids is 1. The SMILES string of the molecule is CC(C)CC(CNC(=O)NCC(C)C(C)(C)C)C(=O)O. The van der Waals surface area contributed by atoms with E-state index in [1.807, 2.05) is 13.8 Å². The van der Waals surface area contributed by atoms with Crippen molar-refractivity contribution in [3.63, 3.8) is 0 Å². The monoisotopic (exact) mass is 286 g/mol. The summed E-state index contributed by atoms with van der Waals surface area (Å²) in [5, 5.41) is 14.5. The Morgan fingerprint density at radius 3 is 1.95 bits per heavy atom. The average molecular weight is 286 g/mol. The molecule has 0 aromatic rings. The number of rotatable bonds is 7. The van der Waals surface area contributed by atoms with Crippen LogP contribution in [0.1, 0.15) is 48.0 Å². The Morgan fingerprint density at radius 1 is 1.05 bits per heavy atom. The van der Waals surface area contributed by atoms with Crippen molar-refractivity contribution in [3.05, 3.63) is 0 Å². The van der Waals surface area contributed by atoms with Crippen molar-refractivity contribution in [1.29, 1.82) is 0 Å². The summed E-state index contributed by atoms with van der Waals surface area (Å²) < 4.78 is 0. The zero-order valence-electron chi connectivity index (χ0n) is 13.6. The Kier molecular flexibility index (Phi) is 7.61. The van der Waals surface area contributed by atoms with Crippen LogP contribution in [0.25, 0.3) is 0 Å². The van der Waals surface area contributed by atoms with Gasteiger partial charge in [0.05, 0.1) is 5.92 Å². The van der Waals surface area contributed by atoms with E-state index >= 15 is 0 Å². The number of hydrogen-bond acceptors (Lipinski definition) is 2. The molecule has 3 N–H and O–H groups in total. The molecule has 0 heterocycles. The summed E-state index contributed by atoms with van der Waals surface area (Å²) in [7, 11) is 0. The van der Waals surface area contributed by atoms with Gasteiger partial charge in [0.25, 0.3) is 0 Å². The highest BCUT2D eigenvalue weighted by molar-refractivity contribution is 5.75. The van der Waals surface area contributed by atoms with E-state index in [1.165, 1.54) is 0 Å². The Morgan fingerprint density at radius 2 is 1.55 bits per heavy atom. The number of hydrogen-bond donors (Lipinski definition) is 3. The lowest BCUT2D eigenvalue weighted by atomic mass is 9.82. The zero-order chi connectivity index (χ0) is 15.9. The molecule has 0 aromatic carbocycles. The number of nitrogens with one attached hydrogen (secondary N) is 2. The molecule has 0 aliphatic rings. The van der Waals surface area contributed by atoms with Gasteiger partial charge < -0.3 is 15.7 Å². The lowest BCUT2D eigenvalue weighted by Crippen LogP contribution is -2.43. The number of aliphatic carboxylic acids is 1. The number of amides is 2. The van der Waals surface area contributed by atoms with Gasteiger partial charge in [0.1, 0.15) is 0 Å². The fraction of sp³-hybridized carbons (Fsp3) is 0.867. The molecule has 0 spiro atoms. The molecule has 0 aliphatic heterocycles. The van der Waals surface area contributed by atoms with Gasteiger partial charge in [-0.15, -0.1) is 0 Å². The quantitative estimate of drug-likeness (QED) is 0.673. The van der Waals surface area contributed by atoms with E-state index in [9.17, 15) is 9.59 Å². The van der Waals surface area contributed by atoms with Crippen LogP contribution < -0.4 is 10.6 Å². The molecule has 118 valence electrons. The largest absolute Gasteiger partial charge is 0.481 e. The van der Waals surface area contributed by atoms with Crippen LogP contribution in [0.15, 0.2) is 0 Å². The van der Waals surface area contributed by atoms with Gasteiger partial charge in [-0.25, -0.2) is 4.79 Å². The summed E-state index contributed by atoms with van der Waals surface area (Å²) in [6.07, 6.45) is 0.563. The lowest BCUT2D eigenvalue weighted by Gasteiger charge is -2.27. The van der Waals surface area contributed by atoms with Gasteiger partial charge in [0.15, 0.2) is 0 Å². The standard InChI is InChI=1S/C15H30N2O3/c1-10(2)7-12(13(18)19)9-17-14(20)16-8-11(3)15(4,5)6/h10-12H,7-9H2,1-6H3,(H,18,19)(H2,16,17,20). The second-order valence-corrected chi connectivity index (χ2v) is 7.02. The van der Waals surface area contributed by atoms with E-state index in [0.29, 0.717) is 24.8 Å². The van der Waals surface area contributed by atoms with Crippen LogP contribution in [0, 0.1) is 23.2 Å². The van der Waals surface area contributed by atoms with Crippen LogP contribution in [-0.4, -0.2) is 30.2 Å². The average Bonchev–Trinajstić information content (AvgIpc) is 2.29. The van der Waals surface area contributed by atoms with Crippen molar-refractivity contribution < 1.29 is 14.7 Å². The van der Waals surface area contributed by atoms with Crippen molar-refractivity contribution in [3.8, 4) is 0 Å². The number of carboxylic acids is 1. The molecule has 0 radical (unpaired) electrons. The molecule has 0 aromatic heterocycles. The van der Waals surface area contributed by atoms with E-state index in [-0.39, 0.29) is 18.0 Å². The normalized spacial score (nSPS) is 14.8. The molecule has 0 bridgehead atoms. The maximum atomic E-state index is 11.7. The first kappa shape index (κ1) is 18.7. The third-order valence-corrected chi connectivity index (χ3v) is 3.66. The third kappa shape index (κ3) is 8.02. The maximum absolute atomic E-state index is 11.7. The van der Waals surface area contributed by atoms with Gasteiger partial charge in [-0.3, -0.25) is 4.79 Å². The van der Waals surface area contributed by atoms with Crippen molar-refractivity contribution >= 4 is 12.0 Å². The molecule has 2 unspecified atom stereocenters. The molecule has 0 rings (SSSR count). The molecule has 2 amide bonds. The topological polar surface area (TPSA) is 78.4 Å². The highest BCUT2D eigenvalue weighted by Gasteiger charge is 2.22. The first-order valence-electron chi connectivity index (χ1n) is 7.28. The predicted octanol–water partition coefficient (Wildman–Crippen LogP) is 2.71. The van der Waals surface area contributed by atoms with Gasteiger partial charge in [-0.2, -0.15) is 0 Å². The molecular weight excluding hydrogens is 256 g/mol. The predicted molar refractivity (Wildman–Crippen MR) is 80.6 cm³/mol. The van der Waals surface area contributed by atoms with E-state index in [4.69, 9.17) is 5.11 Å². The summed E-state index contributed by atoms with van der Waals surface area (Å²) in [6, 6.07) is -0.295. The molecule has 2 atom stereocenters. The number of carboxylic acid groups (broad SMARTS) is 1. The van der Waals surface area contributed by atoms with Gasteiger partial charge in [-0.1, -0.05) is 41.5 Å². The van der Waals surface area contributed by atoms with Crippen molar-refractivity contribution in [2.45, 2.75) is 48.0 Å². The molecule has 5 nitrogen and oxygen atoms in total. The van der Waals surface area contributed by atoms with Crippen LogP contribution >= 0.6 is 0 Å². The summed E-state index contributed by atoms with van der Waals surface area (Å²) in [6.45, 7) is 13.2. The zero-order valence-corrected chi connectivity index (χ0v) is 13.6. The smallest absolute Gasteiger partial charge is 0.314 e. The minimum atomic E-state index is -0.859. The third-order valence-electron chi connectivity index (χ3n) is 3.66. The van der Waals surface area contributed by atoms with Gasteiger partial charge in [0.2, 0.25) is 0 Å². The molecule has 0 saturated carbocycles. The fourth-order valence-corrected chi connectivity index (χ4v) is 1.67. The van der Waals surface area contributed by atoms with E-state index in [1.54, 1.807) is 0 Å². The molecule has 0 aliphatic carbocycles.